The maximum Gasteiger partial charge on any atom is 0.322 e. The number of urea groups is 1. The van der Waals surface area contributed by atoms with E-state index in [4.69, 9.17) is 15.9 Å². The SMILES string of the molecule is C#CCOc1ccccc1NC(=O)N1CCO[C@H](c2nccs2)C1. The Kier molecular flexibility index (Phi) is 5.31. The Hall–Kier alpha value is -2.56. The second-order valence-corrected chi connectivity index (χ2v) is 6.02. The van der Waals surface area contributed by atoms with Crippen molar-refractivity contribution in [2.75, 3.05) is 31.6 Å². The van der Waals surface area contributed by atoms with E-state index in [1.165, 1.54) is 11.3 Å². The van der Waals surface area contributed by atoms with Crippen molar-refractivity contribution in [1.82, 2.24) is 9.88 Å². The molecule has 0 aliphatic carbocycles. The minimum absolute atomic E-state index is 0.149. The lowest BCUT2D eigenvalue weighted by Crippen LogP contribution is -2.44. The summed E-state index contributed by atoms with van der Waals surface area (Å²) in [5.74, 6) is 2.96. The molecule has 2 amide bonds. The highest BCUT2D eigenvalue weighted by atomic mass is 32.1. The predicted octanol–water partition coefficient (Wildman–Crippen LogP) is 2.76. The molecule has 1 N–H and O–H groups in total. The number of ether oxygens (including phenoxy) is 2. The van der Waals surface area contributed by atoms with Crippen LogP contribution in [0.15, 0.2) is 35.8 Å². The number of para-hydroxylation sites is 2. The zero-order valence-electron chi connectivity index (χ0n) is 13.0. The smallest absolute Gasteiger partial charge is 0.322 e. The number of morpholine rings is 1. The first kappa shape index (κ1) is 16.3. The van der Waals surface area contributed by atoms with E-state index in [0.29, 0.717) is 31.1 Å². The number of nitrogens with one attached hydrogen (secondary N) is 1. The van der Waals surface area contributed by atoms with Crippen molar-refractivity contribution in [3.63, 3.8) is 0 Å². The average molecular weight is 343 g/mol. The fraction of sp³-hybridized carbons (Fsp3) is 0.294. The summed E-state index contributed by atoms with van der Waals surface area (Å²) in [6, 6.07) is 7.01. The van der Waals surface area contributed by atoms with Crippen LogP contribution < -0.4 is 10.1 Å². The van der Waals surface area contributed by atoms with E-state index >= 15 is 0 Å². The van der Waals surface area contributed by atoms with Crippen molar-refractivity contribution in [3.8, 4) is 18.1 Å². The molecular formula is C17H17N3O3S. The highest BCUT2D eigenvalue weighted by Gasteiger charge is 2.27. The van der Waals surface area contributed by atoms with Gasteiger partial charge in [0.2, 0.25) is 0 Å². The van der Waals surface area contributed by atoms with Gasteiger partial charge in [-0.05, 0) is 12.1 Å². The van der Waals surface area contributed by atoms with Crippen LogP contribution in [-0.2, 0) is 4.74 Å². The first-order valence-corrected chi connectivity index (χ1v) is 8.38. The molecule has 2 aromatic rings. The van der Waals surface area contributed by atoms with Crippen LogP contribution in [-0.4, -0.2) is 42.2 Å². The molecule has 7 heteroatoms. The summed E-state index contributed by atoms with van der Waals surface area (Å²) >= 11 is 1.53. The zero-order valence-corrected chi connectivity index (χ0v) is 13.8. The van der Waals surface area contributed by atoms with Gasteiger partial charge in [0.15, 0.2) is 0 Å². The van der Waals surface area contributed by atoms with Gasteiger partial charge < -0.3 is 19.7 Å². The monoisotopic (exact) mass is 343 g/mol. The van der Waals surface area contributed by atoms with E-state index in [-0.39, 0.29) is 18.7 Å². The van der Waals surface area contributed by atoms with Crippen molar-refractivity contribution in [1.29, 1.82) is 0 Å². The number of hydrogen-bond donors (Lipinski definition) is 1. The number of thiazole rings is 1. The number of terminal acetylenes is 1. The van der Waals surface area contributed by atoms with Crippen LogP contribution in [0, 0.1) is 12.3 Å². The molecule has 1 aromatic carbocycles. The Labute approximate surface area is 144 Å². The fourth-order valence-corrected chi connectivity index (χ4v) is 3.06. The number of rotatable bonds is 4. The van der Waals surface area contributed by atoms with Crippen molar-refractivity contribution in [2.24, 2.45) is 0 Å². The highest BCUT2D eigenvalue weighted by Crippen LogP contribution is 2.26. The molecule has 1 fully saturated rings. The second-order valence-electron chi connectivity index (χ2n) is 5.09. The van der Waals surface area contributed by atoms with Crippen LogP contribution in [0.25, 0.3) is 0 Å². The minimum atomic E-state index is -0.198. The van der Waals surface area contributed by atoms with Crippen LogP contribution in [0.4, 0.5) is 10.5 Å². The van der Waals surface area contributed by atoms with Gasteiger partial charge in [-0.15, -0.1) is 17.8 Å². The first-order valence-electron chi connectivity index (χ1n) is 7.50. The molecule has 0 bridgehead atoms. The molecule has 0 saturated carbocycles. The number of amides is 2. The summed E-state index contributed by atoms with van der Waals surface area (Å²) in [5.41, 5.74) is 0.593. The van der Waals surface area contributed by atoms with E-state index < -0.39 is 0 Å². The lowest BCUT2D eigenvalue weighted by Gasteiger charge is -2.32. The first-order chi connectivity index (χ1) is 11.8. The lowest BCUT2D eigenvalue weighted by atomic mass is 10.2. The number of benzene rings is 1. The molecule has 124 valence electrons. The van der Waals surface area contributed by atoms with Gasteiger partial charge >= 0.3 is 6.03 Å². The van der Waals surface area contributed by atoms with Crippen molar-refractivity contribution in [3.05, 3.63) is 40.8 Å². The Morgan fingerprint density at radius 3 is 3.21 bits per heavy atom. The molecule has 3 rings (SSSR count). The number of hydrogen-bond acceptors (Lipinski definition) is 5. The average Bonchev–Trinajstić information content (AvgIpc) is 3.16. The van der Waals surface area contributed by atoms with Crippen molar-refractivity contribution >= 4 is 23.1 Å². The molecule has 24 heavy (non-hydrogen) atoms. The summed E-state index contributed by atoms with van der Waals surface area (Å²) in [6.45, 7) is 1.62. The Morgan fingerprint density at radius 2 is 2.42 bits per heavy atom. The van der Waals surface area contributed by atoms with Crippen LogP contribution in [0.3, 0.4) is 0 Å². The van der Waals surface area contributed by atoms with Gasteiger partial charge in [0.25, 0.3) is 0 Å². The van der Waals surface area contributed by atoms with Gasteiger partial charge in [-0.3, -0.25) is 0 Å². The standard InChI is InChI=1S/C17H17N3O3S/c1-2-9-22-14-6-4-3-5-13(14)19-17(21)20-8-10-23-15(12-20)16-18-7-11-24-16/h1,3-7,11,15H,8-10,12H2,(H,19,21)/t15-/m0/s1. The molecule has 1 aromatic heterocycles. The van der Waals surface area contributed by atoms with Crippen LogP contribution in [0.1, 0.15) is 11.1 Å². The lowest BCUT2D eigenvalue weighted by molar-refractivity contribution is -0.0136. The van der Waals surface area contributed by atoms with Crippen LogP contribution in [0.2, 0.25) is 0 Å². The van der Waals surface area contributed by atoms with Gasteiger partial charge in [-0.1, -0.05) is 18.1 Å². The maximum atomic E-state index is 12.6. The Morgan fingerprint density at radius 1 is 1.54 bits per heavy atom. The number of nitrogens with zero attached hydrogens (tertiary/aromatic N) is 2. The summed E-state index contributed by atoms with van der Waals surface area (Å²) in [6.07, 6.45) is 6.77. The Balaban J connectivity index is 1.66. The third kappa shape index (κ3) is 3.85. The van der Waals surface area contributed by atoms with E-state index in [0.717, 1.165) is 5.01 Å². The molecular weight excluding hydrogens is 326 g/mol. The number of anilines is 1. The third-order valence-electron chi connectivity index (χ3n) is 3.52. The zero-order chi connectivity index (χ0) is 16.8. The largest absolute Gasteiger partial charge is 0.479 e. The van der Waals surface area contributed by atoms with Crippen molar-refractivity contribution in [2.45, 2.75) is 6.10 Å². The highest BCUT2D eigenvalue weighted by molar-refractivity contribution is 7.09. The Bertz CT molecular complexity index is 727. The number of carbonyl (C=O) groups excluding carboxylic acids is 1. The van der Waals surface area contributed by atoms with Crippen molar-refractivity contribution < 1.29 is 14.3 Å². The summed E-state index contributed by atoms with van der Waals surface area (Å²) < 4.78 is 11.2. The maximum absolute atomic E-state index is 12.6. The molecule has 1 atom stereocenters. The topological polar surface area (TPSA) is 63.7 Å². The van der Waals surface area contributed by atoms with Crippen LogP contribution in [0.5, 0.6) is 5.75 Å². The van der Waals surface area contributed by atoms with Gasteiger partial charge in [0.1, 0.15) is 23.5 Å². The molecule has 6 nitrogen and oxygen atoms in total. The number of carbonyl (C=O) groups is 1. The fourth-order valence-electron chi connectivity index (χ4n) is 2.39. The van der Waals surface area contributed by atoms with E-state index in [1.807, 2.05) is 17.5 Å². The van der Waals surface area contributed by atoms with E-state index in [1.54, 1.807) is 23.2 Å². The molecule has 1 saturated heterocycles. The van der Waals surface area contributed by atoms with Gasteiger partial charge in [0.05, 0.1) is 18.8 Å². The van der Waals surface area contributed by atoms with Gasteiger partial charge in [-0.2, -0.15) is 0 Å². The number of aromatic nitrogens is 1. The normalized spacial score (nSPS) is 17.1. The molecule has 0 spiro atoms. The summed E-state index contributed by atoms with van der Waals surface area (Å²) in [5, 5.41) is 5.66. The summed E-state index contributed by atoms with van der Waals surface area (Å²) in [4.78, 5) is 18.5. The quantitative estimate of drug-likeness (QED) is 0.867. The molecule has 2 heterocycles. The minimum Gasteiger partial charge on any atom is -0.479 e. The van der Waals surface area contributed by atoms with E-state index in [9.17, 15) is 4.79 Å². The second kappa shape index (κ2) is 7.81. The third-order valence-corrected chi connectivity index (χ3v) is 4.39. The van der Waals surface area contributed by atoms with E-state index in [2.05, 4.69) is 16.2 Å². The molecule has 1 aliphatic heterocycles. The summed E-state index contributed by atoms with van der Waals surface area (Å²) in [7, 11) is 0. The predicted molar refractivity (Wildman–Crippen MR) is 92.2 cm³/mol. The molecule has 0 radical (unpaired) electrons. The van der Waals surface area contributed by atoms with Crippen LogP contribution >= 0.6 is 11.3 Å². The van der Waals surface area contributed by atoms with Gasteiger partial charge in [-0.25, -0.2) is 9.78 Å². The molecule has 1 aliphatic rings. The van der Waals surface area contributed by atoms with Gasteiger partial charge in [0, 0.05) is 18.1 Å². The molecule has 0 unspecified atom stereocenters.